The van der Waals surface area contributed by atoms with E-state index in [0.717, 1.165) is 0 Å². The summed E-state index contributed by atoms with van der Waals surface area (Å²) >= 11 is 0. The Hall–Kier alpha value is -2.17. The van der Waals surface area contributed by atoms with Crippen molar-refractivity contribution in [2.75, 3.05) is 0 Å². The number of hydrogen-bond donors (Lipinski definition) is 1. The molecule has 0 radical (unpaired) electrons. The number of fused-ring (bicyclic) bond motifs is 1. The number of para-hydroxylation sites is 1. The molecule has 1 atom stereocenters. The van der Waals surface area contributed by atoms with Crippen LogP contribution in [0.3, 0.4) is 0 Å². The third-order valence-electron chi connectivity index (χ3n) is 3.44. The van der Waals surface area contributed by atoms with E-state index in [0.29, 0.717) is 16.8 Å². The third kappa shape index (κ3) is 3.04. The molecule has 0 unspecified atom stereocenters. The van der Waals surface area contributed by atoms with Gasteiger partial charge in [0.1, 0.15) is 6.54 Å². The SMILES string of the molecule is CC(C)[C@@H](C)NC(=O)Cn1ncc(=O)c2ccccc21. The van der Waals surface area contributed by atoms with Gasteiger partial charge in [-0.05, 0) is 25.0 Å². The topological polar surface area (TPSA) is 64.0 Å². The number of aromatic nitrogens is 2. The maximum Gasteiger partial charge on any atom is 0.241 e. The van der Waals surface area contributed by atoms with Crippen molar-refractivity contribution in [2.24, 2.45) is 5.92 Å². The summed E-state index contributed by atoms with van der Waals surface area (Å²) in [5.41, 5.74) is 0.542. The molecule has 5 heteroatoms. The predicted molar refractivity (Wildman–Crippen MR) is 78.4 cm³/mol. The first kappa shape index (κ1) is 14.2. The lowest BCUT2D eigenvalue weighted by Gasteiger charge is -2.18. The predicted octanol–water partition coefficient (Wildman–Crippen LogP) is 1.56. The van der Waals surface area contributed by atoms with Crippen molar-refractivity contribution in [3.63, 3.8) is 0 Å². The van der Waals surface area contributed by atoms with E-state index in [1.807, 2.05) is 13.0 Å². The van der Waals surface area contributed by atoms with E-state index in [9.17, 15) is 9.59 Å². The number of nitrogens with one attached hydrogen (secondary N) is 1. The first-order valence-corrected chi connectivity index (χ1v) is 6.73. The molecule has 2 aromatic rings. The number of nitrogens with zero attached hydrogens (tertiary/aromatic N) is 2. The van der Waals surface area contributed by atoms with Crippen LogP contribution in [0.4, 0.5) is 0 Å². The van der Waals surface area contributed by atoms with Gasteiger partial charge in [-0.1, -0.05) is 26.0 Å². The number of amides is 1. The highest BCUT2D eigenvalue weighted by Crippen LogP contribution is 2.07. The molecule has 0 aliphatic heterocycles. The number of benzene rings is 1. The Morgan fingerprint density at radius 3 is 2.70 bits per heavy atom. The zero-order valence-corrected chi connectivity index (χ0v) is 12.0. The minimum absolute atomic E-state index is 0.104. The van der Waals surface area contributed by atoms with Gasteiger partial charge in [0.2, 0.25) is 11.3 Å². The van der Waals surface area contributed by atoms with Gasteiger partial charge >= 0.3 is 0 Å². The second kappa shape index (κ2) is 5.86. The van der Waals surface area contributed by atoms with Crippen LogP contribution in [0.1, 0.15) is 20.8 Å². The molecule has 5 nitrogen and oxygen atoms in total. The summed E-state index contributed by atoms with van der Waals surface area (Å²) in [6.45, 7) is 6.19. The van der Waals surface area contributed by atoms with Gasteiger partial charge in [-0.15, -0.1) is 0 Å². The zero-order chi connectivity index (χ0) is 14.7. The fourth-order valence-corrected chi connectivity index (χ4v) is 1.89. The lowest BCUT2D eigenvalue weighted by Crippen LogP contribution is -2.38. The maximum atomic E-state index is 12.0. The average Bonchev–Trinajstić information content (AvgIpc) is 2.42. The summed E-state index contributed by atoms with van der Waals surface area (Å²) < 4.78 is 1.55. The van der Waals surface area contributed by atoms with E-state index in [4.69, 9.17) is 0 Å². The molecule has 0 saturated carbocycles. The molecule has 20 heavy (non-hydrogen) atoms. The Bertz CT molecular complexity index is 676. The molecule has 1 amide bonds. The van der Waals surface area contributed by atoms with Gasteiger partial charge in [-0.2, -0.15) is 5.10 Å². The van der Waals surface area contributed by atoms with E-state index >= 15 is 0 Å². The summed E-state index contributed by atoms with van der Waals surface area (Å²) in [5, 5.41) is 7.55. The average molecular weight is 273 g/mol. The first-order chi connectivity index (χ1) is 9.49. The number of carbonyl (C=O) groups is 1. The highest BCUT2D eigenvalue weighted by atomic mass is 16.2. The zero-order valence-electron chi connectivity index (χ0n) is 12.0. The fraction of sp³-hybridized carbons (Fsp3) is 0.400. The number of rotatable bonds is 4. The van der Waals surface area contributed by atoms with Crippen molar-refractivity contribution < 1.29 is 4.79 Å². The molecule has 0 bridgehead atoms. The Kier molecular flexibility index (Phi) is 4.17. The van der Waals surface area contributed by atoms with Crippen LogP contribution < -0.4 is 10.7 Å². The molecule has 1 aromatic heterocycles. The van der Waals surface area contributed by atoms with Crippen LogP contribution >= 0.6 is 0 Å². The van der Waals surface area contributed by atoms with E-state index in [-0.39, 0.29) is 23.9 Å². The maximum absolute atomic E-state index is 12.0. The Labute approximate surface area is 117 Å². The van der Waals surface area contributed by atoms with E-state index in [1.54, 1.807) is 22.9 Å². The molecule has 0 aliphatic rings. The van der Waals surface area contributed by atoms with Crippen LogP contribution in [0.5, 0.6) is 0 Å². The third-order valence-corrected chi connectivity index (χ3v) is 3.44. The highest BCUT2D eigenvalue weighted by molar-refractivity contribution is 5.81. The van der Waals surface area contributed by atoms with E-state index in [2.05, 4.69) is 24.3 Å². The molecule has 0 spiro atoms. The van der Waals surface area contributed by atoms with Gasteiger partial charge in [0.05, 0.1) is 11.7 Å². The quantitative estimate of drug-likeness (QED) is 0.919. The second-order valence-electron chi connectivity index (χ2n) is 5.28. The largest absolute Gasteiger partial charge is 0.352 e. The minimum atomic E-state index is -0.132. The molecule has 106 valence electrons. The monoisotopic (exact) mass is 273 g/mol. The van der Waals surface area contributed by atoms with Crippen molar-refractivity contribution in [1.29, 1.82) is 0 Å². The van der Waals surface area contributed by atoms with Gasteiger partial charge < -0.3 is 5.32 Å². The first-order valence-electron chi connectivity index (χ1n) is 6.73. The molecule has 0 fully saturated rings. The summed E-state index contributed by atoms with van der Waals surface area (Å²) in [6, 6.07) is 7.27. The molecule has 1 heterocycles. The van der Waals surface area contributed by atoms with Gasteiger partial charge in [0.15, 0.2) is 0 Å². The van der Waals surface area contributed by atoms with Crippen LogP contribution in [0.25, 0.3) is 10.9 Å². The van der Waals surface area contributed by atoms with Crippen LogP contribution in [-0.2, 0) is 11.3 Å². The van der Waals surface area contributed by atoms with Crippen molar-refractivity contribution in [3.8, 4) is 0 Å². The lowest BCUT2D eigenvalue weighted by atomic mass is 10.1. The lowest BCUT2D eigenvalue weighted by molar-refractivity contribution is -0.122. The highest BCUT2D eigenvalue weighted by Gasteiger charge is 2.12. The summed E-state index contributed by atoms with van der Waals surface area (Å²) in [7, 11) is 0. The van der Waals surface area contributed by atoms with Crippen molar-refractivity contribution in [3.05, 3.63) is 40.7 Å². The van der Waals surface area contributed by atoms with Crippen molar-refractivity contribution in [1.82, 2.24) is 15.1 Å². The van der Waals surface area contributed by atoms with Crippen LogP contribution in [0.2, 0.25) is 0 Å². The van der Waals surface area contributed by atoms with Crippen LogP contribution in [0, 0.1) is 5.92 Å². The molecular weight excluding hydrogens is 254 g/mol. The molecule has 2 rings (SSSR count). The molecule has 0 saturated heterocycles. The van der Waals surface area contributed by atoms with Gasteiger partial charge in [-0.25, -0.2) is 0 Å². The van der Waals surface area contributed by atoms with Gasteiger partial charge in [-0.3, -0.25) is 14.3 Å². The van der Waals surface area contributed by atoms with Gasteiger partial charge in [0, 0.05) is 11.4 Å². The van der Waals surface area contributed by atoms with Crippen LogP contribution in [0.15, 0.2) is 35.3 Å². The standard InChI is InChI=1S/C15H19N3O2/c1-10(2)11(3)17-15(20)9-18-13-7-5-4-6-12(13)14(19)8-16-18/h4-8,10-11H,9H2,1-3H3,(H,17,20)/t11-/m1/s1. The Morgan fingerprint density at radius 2 is 2.00 bits per heavy atom. The van der Waals surface area contributed by atoms with E-state index in [1.165, 1.54) is 6.20 Å². The normalized spacial score (nSPS) is 12.6. The smallest absolute Gasteiger partial charge is 0.241 e. The van der Waals surface area contributed by atoms with Crippen LogP contribution in [-0.4, -0.2) is 21.7 Å². The summed E-state index contributed by atoms with van der Waals surface area (Å²) in [5.74, 6) is 0.269. The molecule has 1 aromatic carbocycles. The molecule has 0 aliphatic carbocycles. The van der Waals surface area contributed by atoms with Gasteiger partial charge in [0.25, 0.3) is 0 Å². The molecular formula is C15H19N3O2. The minimum Gasteiger partial charge on any atom is -0.352 e. The van der Waals surface area contributed by atoms with Crippen molar-refractivity contribution >= 4 is 16.8 Å². The number of hydrogen-bond acceptors (Lipinski definition) is 3. The van der Waals surface area contributed by atoms with Crippen molar-refractivity contribution in [2.45, 2.75) is 33.4 Å². The number of carbonyl (C=O) groups excluding carboxylic acids is 1. The summed E-state index contributed by atoms with van der Waals surface area (Å²) in [6.07, 6.45) is 1.25. The van der Waals surface area contributed by atoms with E-state index < -0.39 is 0 Å². The second-order valence-corrected chi connectivity index (χ2v) is 5.28. The molecule has 1 N–H and O–H groups in total. The Balaban J connectivity index is 2.24. The fourth-order valence-electron chi connectivity index (χ4n) is 1.89. The Morgan fingerprint density at radius 1 is 1.30 bits per heavy atom. The summed E-state index contributed by atoms with van der Waals surface area (Å²) in [4.78, 5) is 23.7.